The molecule has 0 saturated carbocycles. The lowest BCUT2D eigenvalue weighted by Crippen LogP contribution is -2.27. The van der Waals surface area contributed by atoms with Gasteiger partial charge in [-0.05, 0) is 19.8 Å². The van der Waals surface area contributed by atoms with Crippen molar-refractivity contribution in [3.05, 3.63) is 11.9 Å². The second-order valence-electron chi connectivity index (χ2n) is 4.63. The van der Waals surface area contributed by atoms with Gasteiger partial charge in [0.2, 0.25) is 0 Å². The van der Waals surface area contributed by atoms with Crippen molar-refractivity contribution in [2.24, 2.45) is 0 Å². The fourth-order valence-corrected chi connectivity index (χ4v) is 2.62. The van der Waals surface area contributed by atoms with E-state index in [2.05, 4.69) is 32.8 Å². The highest BCUT2D eigenvalue weighted by Crippen LogP contribution is 2.33. The van der Waals surface area contributed by atoms with Crippen molar-refractivity contribution in [1.29, 1.82) is 5.26 Å². The van der Waals surface area contributed by atoms with Crippen LogP contribution in [0.5, 0.6) is 0 Å². The summed E-state index contributed by atoms with van der Waals surface area (Å²) < 4.78 is 0. The largest absolute Gasteiger partial charge is 0.383 e. The third kappa shape index (κ3) is 1.40. The van der Waals surface area contributed by atoms with E-state index in [4.69, 9.17) is 5.73 Å². The molecule has 0 spiro atoms. The molecule has 3 N–H and O–H groups in total. The number of anilines is 2. The van der Waals surface area contributed by atoms with Crippen molar-refractivity contribution in [3.8, 4) is 6.07 Å². The molecule has 1 aliphatic heterocycles. The first-order valence-corrected chi connectivity index (χ1v) is 6.01. The van der Waals surface area contributed by atoms with Gasteiger partial charge in [0.15, 0.2) is 0 Å². The average Bonchev–Trinajstić information content (AvgIpc) is 2.92. The van der Waals surface area contributed by atoms with Crippen LogP contribution in [0.15, 0.2) is 6.33 Å². The maximum atomic E-state index is 9.37. The van der Waals surface area contributed by atoms with Crippen molar-refractivity contribution < 1.29 is 0 Å². The fourth-order valence-electron chi connectivity index (χ4n) is 2.62. The van der Waals surface area contributed by atoms with E-state index < -0.39 is 0 Å². The van der Waals surface area contributed by atoms with Crippen LogP contribution in [-0.4, -0.2) is 27.5 Å². The van der Waals surface area contributed by atoms with Crippen LogP contribution >= 0.6 is 0 Å². The zero-order valence-electron chi connectivity index (χ0n) is 10.1. The quantitative estimate of drug-likeness (QED) is 0.788. The number of rotatable bonds is 1. The first-order valence-electron chi connectivity index (χ1n) is 6.01. The summed E-state index contributed by atoms with van der Waals surface area (Å²) in [6.07, 6.45) is 3.69. The van der Waals surface area contributed by atoms with Gasteiger partial charge in [0, 0.05) is 12.6 Å². The minimum atomic E-state index is 0.353. The van der Waals surface area contributed by atoms with Gasteiger partial charge in [0.05, 0.1) is 5.39 Å². The number of H-pyrrole nitrogens is 1. The Kier molecular flexibility index (Phi) is 2.33. The number of nitrogens with one attached hydrogen (secondary N) is 1. The Morgan fingerprint density at radius 3 is 3.06 bits per heavy atom. The molecule has 0 bridgehead atoms. The minimum Gasteiger partial charge on any atom is -0.383 e. The second-order valence-corrected chi connectivity index (χ2v) is 4.63. The maximum absolute atomic E-state index is 9.37. The Balaban J connectivity index is 2.24. The molecule has 1 atom stereocenters. The Bertz CT molecular complexity index is 638. The summed E-state index contributed by atoms with van der Waals surface area (Å²) in [5.74, 6) is 1.18. The Hall–Kier alpha value is -2.29. The van der Waals surface area contributed by atoms with E-state index in [9.17, 15) is 5.26 Å². The number of hydrogen-bond acceptors (Lipinski definition) is 5. The predicted molar refractivity (Wildman–Crippen MR) is 69.1 cm³/mol. The highest BCUT2D eigenvalue weighted by molar-refractivity contribution is 5.96. The summed E-state index contributed by atoms with van der Waals surface area (Å²) in [4.78, 5) is 13.5. The molecule has 0 radical (unpaired) electrons. The van der Waals surface area contributed by atoms with Crippen LogP contribution in [-0.2, 0) is 0 Å². The first-order chi connectivity index (χ1) is 8.72. The summed E-state index contributed by atoms with van der Waals surface area (Å²) in [5, 5.41) is 10.0. The van der Waals surface area contributed by atoms with Gasteiger partial charge in [-0.1, -0.05) is 0 Å². The van der Waals surface area contributed by atoms with Crippen LogP contribution in [0.3, 0.4) is 0 Å². The summed E-state index contributed by atoms with van der Waals surface area (Å²) in [6, 6.07) is 2.65. The zero-order valence-corrected chi connectivity index (χ0v) is 10.1. The number of nitrogen functional groups attached to an aromatic ring is 1. The number of fused-ring (bicyclic) bond motifs is 1. The van der Waals surface area contributed by atoms with E-state index in [1.807, 2.05) is 0 Å². The smallest absolute Gasteiger partial charge is 0.145 e. The predicted octanol–water partition coefficient (Wildman–Crippen LogP) is 1.40. The van der Waals surface area contributed by atoms with E-state index >= 15 is 0 Å². The molecule has 0 unspecified atom stereocenters. The molecule has 0 aromatic carbocycles. The molecule has 92 valence electrons. The number of hydrogen-bond donors (Lipinski definition) is 2. The zero-order chi connectivity index (χ0) is 12.7. The standard InChI is InChI=1S/C12H14N6/c1-7-3-2-4-18(7)12-8(5-13)9-10(14)15-6-16-11(9)17-12/h6-7H,2-4H2,1H3,(H3,14,15,16,17)/t7-/m1/s1. The highest BCUT2D eigenvalue weighted by atomic mass is 15.2. The van der Waals surface area contributed by atoms with Gasteiger partial charge in [-0.15, -0.1) is 0 Å². The molecule has 1 aliphatic rings. The number of aromatic nitrogens is 3. The molecule has 6 nitrogen and oxygen atoms in total. The van der Waals surface area contributed by atoms with Crippen LogP contribution < -0.4 is 10.6 Å². The monoisotopic (exact) mass is 242 g/mol. The number of aromatic amines is 1. The van der Waals surface area contributed by atoms with Crippen molar-refractivity contribution in [3.63, 3.8) is 0 Å². The third-order valence-corrected chi connectivity index (χ3v) is 3.55. The molecule has 0 amide bonds. The summed E-state index contributed by atoms with van der Waals surface area (Å²) in [7, 11) is 0. The van der Waals surface area contributed by atoms with Crippen LogP contribution in [0.2, 0.25) is 0 Å². The number of nitrogens with zero attached hydrogens (tertiary/aromatic N) is 4. The van der Waals surface area contributed by atoms with Gasteiger partial charge >= 0.3 is 0 Å². The van der Waals surface area contributed by atoms with E-state index in [1.54, 1.807) is 0 Å². The van der Waals surface area contributed by atoms with Crippen LogP contribution in [0.25, 0.3) is 11.0 Å². The molecule has 3 heterocycles. The lowest BCUT2D eigenvalue weighted by molar-refractivity contribution is 0.729. The SMILES string of the molecule is C[C@@H]1CCCN1c1[nH]c2ncnc(N)c2c1C#N. The maximum Gasteiger partial charge on any atom is 0.145 e. The van der Waals surface area contributed by atoms with Crippen LogP contribution in [0, 0.1) is 11.3 Å². The van der Waals surface area contributed by atoms with Gasteiger partial charge in [-0.2, -0.15) is 5.26 Å². The number of nitrogens with two attached hydrogens (primary N) is 1. The average molecular weight is 242 g/mol. The van der Waals surface area contributed by atoms with E-state index in [0.717, 1.165) is 25.2 Å². The molecular formula is C12H14N6. The minimum absolute atomic E-state index is 0.353. The molecule has 2 aromatic heterocycles. The van der Waals surface area contributed by atoms with Gasteiger partial charge < -0.3 is 15.6 Å². The molecular weight excluding hydrogens is 228 g/mol. The summed E-state index contributed by atoms with van der Waals surface area (Å²) >= 11 is 0. The molecule has 1 saturated heterocycles. The highest BCUT2D eigenvalue weighted by Gasteiger charge is 2.26. The van der Waals surface area contributed by atoms with Crippen LogP contribution in [0.1, 0.15) is 25.3 Å². The summed E-state index contributed by atoms with van der Waals surface area (Å²) in [5.41, 5.74) is 7.02. The second kappa shape index (κ2) is 3.88. The van der Waals surface area contributed by atoms with Gasteiger partial charge in [-0.25, -0.2) is 9.97 Å². The first kappa shape index (κ1) is 10.8. The van der Waals surface area contributed by atoms with Crippen molar-refractivity contribution in [2.45, 2.75) is 25.8 Å². The van der Waals surface area contributed by atoms with Crippen molar-refractivity contribution >= 4 is 22.7 Å². The van der Waals surface area contributed by atoms with Gasteiger partial charge in [-0.3, -0.25) is 0 Å². The lowest BCUT2D eigenvalue weighted by Gasteiger charge is -2.22. The van der Waals surface area contributed by atoms with Gasteiger partial charge in [0.25, 0.3) is 0 Å². The van der Waals surface area contributed by atoms with Crippen molar-refractivity contribution in [1.82, 2.24) is 15.0 Å². The summed E-state index contributed by atoms with van der Waals surface area (Å²) in [6.45, 7) is 3.12. The van der Waals surface area contributed by atoms with Crippen molar-refractivity contribution in [2.75, 3.05) is 17.2 Å². The molecule has 1 fully saturated rings. The van der Waals surface area contributed by atoms with E-state index in [0.29, 0.717) is 28.5 Å². The third-order valence-electron chi connectivity index (χ3n) is 3.55. The molecule has 18 heavy (non-hydrogen) atoms. The topological polar surface area (TPSA) is 94.6 Å². The van der Waals surface area contributed by atoms with E-state index in [1.165, 1.54) is 6.33 Å². The number of nitriles is 1. The lowest BCUT2D eigenvalue weighted by atomic mass is 10.2. The fraction of sp³-hybridized carbons (Fsp3) is 0.417. The Morgan fingerprint density at radius 2 is 2.39 bits per heavy atom. The van der Waals surface area contributed by atoms with Gasteiger partial charge in [0.1, 0.15) is 35.2 Å². The molecule has 0 aliphatic carbocycles. The van der Waals surface area contributed by atoms with Crippen LogP contribution in [0.4, 0.5) is 11.6 Å². The Labute approximate surface area is 104 Å². The molecule has 2 aromatic rings. The Morgan fingerprint density at radius 1 is 1.56 bits per heavy atom. The normalized spacial score (nSPS) is 19.3. The molecule has 3 rings (SSSR count). The van der Waals surface area contributed by atoms with E-state index in [-0.39, 0.29) is 0 Å². The molecule has 6 heteroatoms.